The van der Waals surface area contributed by atoms with Crippen LogP contribution >= 0.6 is 0 Å². The predicted octanol–water partition coefficient (Wildman–Crippen LogP) is 4.55. The van der Waals surface area contributed by atoms with Crippen LogP contribution in [-0.4, -0.2) is 24.0 Å². The van der Waals surface area contributed by atoms with E-state index in [0.29, 0.717) is 22.6 Å². The predicted molar refractivity (Wildman–Crippen MR) is 115 cm³/mol. The average molecular weight is 383 g/mol. The molecule has 2 N–H and O–H groups in total. The molecule has 0 atom stereocenters. The van der Waals surface area contributed by atoms with Gasteiger partial charge in [0.25, 0.3) is 5.91 Å². The summed E-state index contributed by atoms with van der Waals surface area (Å²) in [6.07, 6.45) is 4.05. The Hall–Kier alpha value is -3.85. The van der Waals surface area contributed by atoms with Gasteiger partial charge >= 0.3 is 0 Å². The van der Waals surface area contributed by atoms with E-state index in [1.807, 2.05) is 12.1 Å². The van der Waals surface area contributed by atoms with Gasteiger partial charge < -0.3 is 15.5 Å². The van der Waals surface area contributed by atoms with E-state index in [-0.39, 0.29) is 5.91 Å². The molecule has 1 aliphatic heterocycles. The van der Waals surface area contributed by atoms with Crippen LogP contribution in [0.15, 0.2) is 66.9 Å². The van der Waals surface area contributed by atoms with E-state index in [1.165, 1.54) is 24.7 Å². The SMILES string of the molecule is N#Cc1cccc(NC(=O)c2ccc(Nc3ccc(N4CCCC4)cc3)nc2)c1. The van der Waals surface area contributed by atoms with E-state index in [4.69, 9.17) is 5.26 Å². The van der Waals surface area contributed by atoms with Crippen molar-refractivity contribution in [3.63, 3.8) is 0 Å². The minimum Gasteiger partial charge on any atom is -0.372 e. The molecule has 2 heterocycles. The number of hydrogen-bond donors (Lipinski definition) is 2. The Morgan fingerprint density at radius 1 is 1.00 bits per heavy atom. The van der Waals surface area contributed by atoms with E-state index >= 15 is 0 Å². The Bertz CT molecular complexity index is 1030. The molecule has 1 fully saturated rings. The summed E-state index contributed by atoms with van der Waals surface area (Å²) in [6.45, 7) is 2.25. The Kier molecular flexibility index (Phi) is 5.39. The van der Waals surface area contributed by atoms with Crippen LogP contribution in [0.4, 0.5) is 22.9 Å². The summed E-state index contributed by atoms with van der Waals surface area (Å²) >= 11 is 0. The third kappa shape index (κ3) is 4.53. The van der Waals surface area contributed by atoms with Crippen molar-refractivity contribution in [3.05, 3.63) is 78.0 Å². The van der Waals surface area contributed by atoms with Crippen molar-refractivity contribution in [2.24, 2.45) is 0 Å². The normalized spacial score (nSPS) is 13.0. The highest BCUT2D eigenvalue weighted by Crippen LogP contribution is 2.23. The number of carbonyl (C=O) groups is 1. The van der Waals surface area contributed by atoms with Gasteiger partial charge in [0.15, 0.2) is 0 Å². The van der Waals surface area contributed by atoms with E-state index in [1.54, 1.807) is 36.4 Å². The Morgan fingerprint density at radius 2 is 1.79 bits per heavy atom. The zero-order valence-electron chi connectivity index (χ0n) is 15.9. The number of nitrogens with one attached hydrogen (secondary N) is 2. The van der Waals surface area contributed by atoms with Crippen molar-refractivity contribution < 1.29 is 4.79 Å². The molecule has 6 heteroatoms. The summed E-state index contributed by atoms with van der Waals surface area (Å²) in [5.74, 6) is 0.399. The van der Waals surface area contributed by atoms with Gasteiger partial charge in [0.05, 0.1) is 17.2 Å². The van der Waals surface area contributed by atoms with Crippen molar-refractivity contribution in [1.29, 1.82) is 5.26 Å². The summed E-state index contributed by atoms with van der Waals surface area (Å²) in [7, 11) is 0. The molecule has 0 saturated carbocycles. The van der Waals surface area contributed by atoms with Crippen LogP contribution in [0, 0.1) is 11.3 Å². The second kappa shape index (κ2) is 8.44. The van der Waals surface area contributed by atoms with E-state index in [0.717, 1.165) is 18.8 Å². The molecule has 3 aromatic rings. The van der Waals surface area contributed by atoms with Crippen molar-refractivity contribution >= 4 is 28.8 Å². The fourth-order valence-electron chi connectivity index (χ4n) is 3.35. The molecule has 0 radical (unpaired) electrons. The van der Waals surface area contributed by atoms with Gasteiger partial charge in [-0.05, 0) is 67.4 Å². The highest BCUT2D eigenvalue weighted by molar-refractivity contribution is 6.04. The van der Waals surface area contributed by atoms with Crippen LogP contribution in [0.1, 0.15) is 28.8 Å². The number of rotatable bonds is 5. The summed E-state index contributed by atoms with van der Waals surface area (Å²) < 4.78 is 0. The largest absolute Gasteiger partial charge is 0.372 e. The zero-order chi connectivity index (χ0) is 20.1. The maximum atomic E-state index is 12.4. The lowest BCUT2D eigenvalue weighted by Gasteiger charge is -2.17. The van der Waals surface area contributed by atoms with Crippen molar-refractivity contribution in [1.82, 2.24) is 4.98 Å². The van der Waals surface area contributed by atoms with Crippen molar-refractivity contribution in [3.8, 4) is 6.07 Å². The van der Waals surface area contributed by atoms with Gasteiger partial charge in [-0.25, -0.2) is 4.98 Å². The Labute approximate surface area is 169 Å². The van der Waals surface area contributed by atoms with Gasteiger partial charge in [-0.2, -0.15) is 5.26 Å². The Balaban J connectivity index is 1.38. The average Bonchev–Trinajstić information content (AvgIpc) is 3.30. The second-order valence-electron chi connectivity index (χ2n) is 6.94. The molecule has 144 valence electrons. The molecule has 2 aromatic carbocycles. The van der Waals surface area contributed by atoms with Crippen molar-refractivity contribution in [2.75, 3.05) is 28.6 Å². The summed E-state index contributed by atoms with van der Waals surface area (Å²) in [6, 6.07) is 20.7. The molecule has 1 aliphatic rings. The molecule has 4 rings (SSSR count). The number of nitriles is 1. The first-order valence-electron chi connectivity index (χ1n) is 9.61. The van der Waals surface area contributed by atoms with Gasteiger partial charge in [-0.1, -0.05) is 6.07 Å². The first-order chi connectivity index (χ1) is 14.2. The van der Waals surface area contributed by atoms with Crippen LogP contribution in [0.25, 0.3) is 0 Å². The molecule has 0 unspecified atom stereocenters. The van der Waals surface area contributed by atoms with Crippen LogP contribution in [0.5, 0.6) is 0 Å². The lowest BCUT2D eigenvalue weighted by atomic mass is 10.2. The second-order valence-corrected chi connectivity index (χ2v) is 6.94. The lowest BCUT2D eigenvalue weighted by Crippen LogP contribution is -2.17. The number of pyridine rings is 1. The molecule has 6 nitrogen and oxygen atoms in total. The van der Waals surface area contributed by atoms with Gasteiger partial charge in [0.1, 0.15) is 5.82 Å². The molecule has 1 saturated heterocycles. The van der Waals surface area contributed by atoms with Crippen molar-refractivity contribution in [2.45, 2.75) is 12.8 Å². The van der Waals surface area contributed by atoms with E-state index < -0.39 is 0 Å². The number of anilines is 4. The molecule has 1 amide bonds. The lowest BCUT2D eigenvalue weighted by molar-refractivity contribution is 0.102. The van der Waals surface area contributed by atoms with Gasteiger partial charge in [-0.15, -0.1) is 0 Å². The fraction of sp³-hybridized carbons (Fsp3) is 0.174. The smallest absolute Gasteiger partial charge is 0.257 e. The van der Waals surface area contributed by atoms with E-state index in [9.17, 15) is 4.79 Å². The standard InChI is InChI=1S/C23H21N5O/c24-15-17-4-3-5-20(14-17)27-23(29)18-6-11-22(25-16-18)26-19-7-9-21(10-8-19)28-12-1-2-13-28/h3-11,14,16H,1-2,12-13H2,(H,25,26)(H,27,29). The van der Waals surface area contributed by atoms with Gasteiger partial charge in [0.2, 0.25) is 0 Å². The Morgan fingerprint density at radius 3 is 2.48 bits per heavy atom. The van der Waals surface area contributed by atoms with Crippen LogP contribution in [0.2, 0.25) is 0 Å². The number of carbonyl (C=O) groups excluding carboxylic acids is 1. The van der Waals surface area contributed by atoms with Gasteiger partial charge in [0, 0.05) is 36.3 Å². The third-order valence-corrected chi connectivity index (χ3v) is 4.89. The summed E-state index contributed by atoms with van der Waals surface area (Å²) in [5, 5.41) is 15.0. The van der Waals surface area contributed by atoms with E-state index in [2.05, 4.69) is 38.7 Å². The minimum absolute atomic E-state index is 0.269. The van der Waals surface area contributed by atoms with Crippen LogP contribution in [0.3, 0.4) is 0 Å². The fourth-order valence-corrected chi connectivity index (χ4v) is 3.35. The maximum Gasteiger partial charge on any atom is 0.257 e. The quantitative estimate of drug-likeness (QED) is 0.676. The minimum atomic E-state index is -0.269. The number of nitrogens with zero attached hydrogens (tertiary/aromatic N) is 3. The molecule has 0 spiro atoms. The number of amides is 1. The first kappa shape index (κ1) is 18.5. The first-order valence-corrected chi connectivity index (χ1v) is 9.61. The molecular weight excluding hydrogens is 362 g/mol. The molecular formula is C23H21N5O. The summed E-state index contributed by atoms with van der Waals surface area (Å²) in [5.41, 5.74) is 3.72. The monoisotopic (exact) mass is 383 g/mol. The molecule has 0 bridgehead atoms. The summed E-state index contributed by atoms with van der Waals surface area (Å²) in [4.78, 5) is 19.1. The van der Waals surface area contributed by atoms with Crippen LogP contribution in [-0.2, 0) is 0 Å². The third-order valence-electron chi connectivity index (χ3n) is 4.89. The zero-order valence-corrected chi connectivity index (χ0v) is 15.9. The molecule has 1 aromatic heterocycles. The number of hydrogen-bond acceptors (Lipinski definition) is 5. The molecule has 29 heavy (non-hydrogen) atoms. The highest BCUT2D eigenvalue weighted by Gasteiger charge is 2.12. The highest BCUT2D eigenvalue weighted by atomic mass is 16.1. The number of benzene rings is 2. The van der Waals surface area contributed by atoms with Crippen LogP contribution < -0.4 is 15.5 Å². The van der Waals surface area contributed by atoms with Gasteiger partial charge in [-0.3, -0.25) is 4.79 Å². The topological polar surface area (TPSA) is 81.0 Å². The number of aromatic nitrogens is 1. The molecule has 0 aliphatic carbocycles. The maximum absolute atomic E-state index is 12.4.